The summed E-state index contributed by atoms with van der Waals surface area (Å²) in [6.07, 6.45) is 4.05. The van der Waals surface area contributed by atoms with E-state index in [9.17, 15) is 9.59 Å². The first-order valence-corrected chi connectivity index (χ1v) is 12.5. The Morgan fingerprint density at radius 1 is 1.21 bits per heavy atom. The summed E-state index contributed by atoms with van der Waals surface area (Å²) in [5.41, 5.74) is 1.95. The number of hydrogen-bond acceptors (Lipinski definition) is 5. The third-order valence-electron chi connectivity index (χ3n) is 5.61. The van der Waals surface area contributed by atoms with Gasteiger partial charge >= 0.3 is 0 Å². The molecule has 2 fully saturated rings. The van der Waals surface area contributed by atoms with Crippen molar-refractivity contribution in [1.82, 2.24) is 9.80 Å². The molecule has 2 aromatic rings. The van der Waals surface area contributed by atoms with Crippen LogP contribution in [0.2, 0.25) is 5.02 Å². The summed E-state index contributed by atoms with van der Waals surface area (Å²) in [6.45, 7) is 2.01. The molecule has 0 spiro atoms. The Morgan fingerprint density at radius 3 is 2.67 bits per heavy atom. The van der Waals surface area contributed by atoms with E-state index in [1.807, 2.05) is 65.6 Å². The number of ether oxygens (including phenoxy) is 1. The molecule has 0 radical (unpaired) electrons. The Morgan fingerprint density at radius 2 is 1.97 bits per heavy atom. The molecule has 0 bridgehead atoms. The van der Waals surface area contributed by atoms with Crippen molar-refractivity contribution in [2.45, 2.75) is 31.9 Å². The first kappa shape index (κ1) is 24.0. The Balaban J connectivity index is 1.40. The van der Waals surface area contributed by atoms with Gasteiger partial charge in [-0.05, 0) is 42.2 Å². The van der Waals surface area contributed by atoms with Crippen LogP contribution in [0, 0.1) is 0 Å². The van der Waals surface area contributed by atoms with Crippen molar-refractivity contribution in [2.24, 2.45) is 0 Å². The van der Waals surface area contributed by atoms with Crippen LogP contribution < -0.4 is 0 Å². The number of nitrogens with zero attached hydrogens (tertiary/aromatic N) is 2. The maximum Gasteiger partial charge on any atom is 0.266 e. The van der Waals surface area contributed by atoms with Crippen LogP contribution in [0.1, 0.15) is 30.4 Å². The second kappa shape index (κ2) is 11.3. The lowest BCUT2D eigenvalue weighted by Gasteiger charge is -2.26. The summed E-state index contributed by atoms with van der Waals surface area (Å²) in [6, 6.07) is 17.2. The maximum absolute atomic E-state index is 13.2. The number of halogens is 1. The normalized spacial score (nSPS) is 19.5. The molecule has 0 N–H and O–H groups in total. The zero-order valence-corrected chi connectivity index (χ0v) is 20.5. The molecular weight excluding hydrogens is 476 g/mol. The molecule has 2 aromatic carbocycles. The molecule has 172 valence electrons. The van der Waals surface area contributed by atoms with Crippen molar-refractivity contribution >= 4 is 57.8 Å². The number of rotatable bonds is 8. The van der Waals surface area contributed by atoms with E-state index in [4.69, 9.17) is 28.6 Å². The largest absolute Gasteiger partial charge is 0.376 e. The molecule has 1 atom stereocenters. The molecule has 8 heteroatoms. The molecule has 2 aliphatic rings. The molecule has 2 aliphatic heterocycles. The van der Waals surface area contributed by atoms with Gasteiger partial charge in [0.05, 0.1) is 11.0 Å². The van der Waals surface area contributed by atoms with Crippen LogP contribution in [0.3, 0.4) is 0 Å². The van der Waals surface area contributed by atoms with E-state index in [0.29, 0.717) is 27.3 Å². The third-order valence-corrected chi connectivity index (χ3v) is 7.24. The van der Waals surface area contributed by atoms with Crippen molar-refractivity contribution in [3.63, 3.8) is 0 Å². The molecule has 2 heterocycles. The van der Waals surface area contributed by atoms with Gasteiger partial charge in [-0.25, -0.2) is 0 Å². The first-order valence-electron chi connectivity index (χ1n) is 10.9. The van der Waals surface area contributed by atoms with Crippen molar-refractivity contribution in [1.29, 1.82) is 0 Å². The minimum absolute atomic E-state index is 0.0264. The molecule has 5 nitrogen and oxygen atoms in total. The van der Waals surface area contributed by atoms with Crippen LogP contribution in [0.4, 0.5) is 0 Å². The van der Waals surface area contributed by atoms with E-state index in [2.05, 4.69) is 0 Å². The average Bonchev–Trinajstić information content (AvgIpc) is 3.42. The molecule has 1 unspecified atom stereocenters. The van der Waals surface area contributed by atoms with Crippen molar-refractivity contribution in [3.05, 3.63) is 75.7 Å². The highest BCUT2D eigenvalue weighted by Crippen LogP contribution is 2.32. The van der Waals surface area contributed by atoms with Crippen LogP contribution in [0.25, 0.3) is 6.08 Å². The number of hydrogen-bond donors (Lipinski definition) is 0. The predicted octanol–water partition coefficient (Wildman–Crippen LogP) is 5.14. The maximum atomic E-state index is 13.2. The zero-order valence-electron chi connectivity index (χ0n) is 18.1. The lowest BCUT2D eigenvalue weighted by Crippen LogP contribution is -2.39. The quantitative estimate of drug-likeness (QED) is 0.371. The summed E-state index contributed by atoms with van der Waals surface area (Å²) in [5, 5.41) is 0.661. The average molecular weight is 501 g/mol. The number of benzene rings is 2. The molecule has 4 rings (SSSR count). The Kier molecular flexibility index (Phi) is 8.20. The van der Waals surface area contributed by atoms with Crippen LogP contribution >= 0.6 is 35.6 Å². The van der Waals surface area contributed by atoms with Crippen molar-refractivity contribution < 1.29 is 14.3 Å². The van der Waals surface area contributed by atoms with E-state index >= 15 is 0 Å². The van der Waals surface area contributed by atoms with Crippen LogP contribution in [-0.4, -0.2) is 51.7 Å². The summed E-state index contributed by atoms with van der Waals surface area (Å²) in [4.78, 5) is 30.0. The number of carbonyl (C=O) groups is 2. The van der Waals surface area contributed by atoms with Gasteiger partial charge in [-0.1, -0.05) is 78.0 Å². The van der Waals surface area contributed by atoms with E-state index in [-0.39, 0.29) is 30.9 Å². The second-order valence-electron chi connectivity index (χ2n) is 8.03. The van der Waals surface area contributed by atoms with Gasteiger partial charge in [-0.3, -0.25) is 14.5 Å². The highest BCUT2D eigenvalue weighted by Gasteiger charge is 2.33. The highest BCUT2D eigenvalue weighted by atomic mass is 35.5. The minimum atomic E-state index is -0.148. The number of amides is 2. The van der Waals surface area contributed by atoms with E-state index in [1.54, 1.807) is 0 Å². The van der Waals surface area contributed by atoms with Gasteiger partial charge in [0.25, 0.3) is 5.91 Å². The van der Waals surface area contributed by atoms with Gasteiger partial charge in [-0.15, -0.1) is 0 Å². The summed E-state index contributed by atoms with van der Waals surface area (Å²) in [5.74, 6) is -0.174. The molecule has 33 heavy (non-hydrogen) atoms. The lowest BCUT2D eigenvalue weighted by molar-refractivity contribution is -0.134. The predicted molar refractivity (Wildman–Crippen MR) is 137 cm³/mol. The Bertz CT molecular complexity index is 1040. The summed E-state index contributed by atoms with van der Waals surface area (Å²) < 4.78 is 6.25. The van der Waals surface area contributed by atoms with Crippen molar-refractivity contribution in [2.75, 3.05) is 19.7 Å². The minimum Gasteiger partial charge on any atom is -0.376 e. The van der Waals surface area contributed by atoms with E-state index in [1.165, 1.54) is 16.7 Å². The number of thiocarbonyl (C=S) groups is 1. The molecule has 2 amide bonds. The molecule has 2 saturated heterocycles. The third kappa shape index (κ3) is 6.44. The van der Waals surface area contributed by atoms with Crippen LogP contribution in [0.15, 0.2) is 59.5 Å². The van der Waals surface area contributed by atoms with Crippen molar-refractivity contribution in [3.8, 4) is 0 Å². The SMILES string of the molecule is O=C(CCN1C(=O)/C(=C/c2ccccc2)SC1=S)N(Cc1ccc(Cl)cc1)CC1CCCO1. The molecule has 0 aliphatic carbocycles. The molecular formula is C25H25ClN2O3S2. The lowest BCUT2D eigenvalue weighted by atomic mass is 10.1. The fourth-order valence-electron chi connectivity index (χ4n) is 3.86. The Hall–Kier alpha value is -2.19. The number of thioether (sulfide) groups is 1. The topological polar surface area (TPSA) is 49.9 Å². The highest BCUT2D eigenvalue weighted by molar-refractivity contribution is 8.26. The summed E-state index contributed by atoms with van der Waals surface area (Å²) in [7, 11) is 0. The zero-order chi connectivity index (χ0) is 23.2. The van der Waals surface area contributed by atoms with Gasteiger partial charge in [0.15, 0.2) is 0 Å². The molecule has 0 aromatic heterocycles. The monoisotopic (exact) mass is 500 g/mol. The summed E-state index contributed by atoms with van der Waals surface area (Å²) >= 11 is 12.7. The van der Waals surface area contributed by atoms with Gasteiger partial charge in [-0.2, -0.15) is 0 Å². The van der Waals surface area contributed by atoms with Gasteiger partial charge in [0.2, 0.25) is 5.91 Å². The standard InChI is InChI=1S/C25H25ClN2O3S2/c26-20-10-8-19(9-11-20)16-27(17-21-7-4-14-31-21)23(29)12-13-28-24(30)22(33-25(28)32)15-18-5-2-1-3-6-18/h1-3,5-6,8-11,15,21H,4,7,12-14,16-17H2/b22-15-. The van der Waals surface area contributed by atoms with E-state index in [0.717, 1.165) is 30.6 Å². The smallest absolute Gasteiger partial charge is 0.266 e. The van der Waals surface area contributed by atoms with E-state index < -0.39 is 0 Å². The fourth-order valence-corrected chi connectivity index (χ4v) is 5.29. The van der Waals surface area contributed by atoms with Crippen LogP contribution in [0.5, 0.6) is 0 Å². The first-order chi connectivity index (χ1) is 16.0. The fraction of sp³-hybridized carbons (Fsp3) is 0.320. The van der Waals surface area contributed by atoms with Gasteiger partial charge < -0.3 is 9.64 Å². The van der Waals surface area contributed by atoms with Crippen LogP contribution in [-0.2, 0) is 20.9 Å². The van der Waals surface area contributed by atoms with Gasteiger partial charge in [0.1, 0.15) is 4.32 Å². The van der Waals surface area contributed by atoms with Gasteiger partial charge in [0, 0.05) is 37.7 Å². The second-order valence-corrected chi connectivity index (χ2v) is 10.1. The Labute approximate surface area is 208 Å². The number of carbonyl (C=O) groups excluding carboxylic acids is 2. The molecule has 0 saturated carbocycles.